The molecule has 25 heavy (non-hydrogen) atoms. The number of carbonyl (C=O) groups excluding carboxylic acids is 1. The van der Waals surface area contributed by atoms with Gasteiger partial charge in [-0.2, -0.15) is 0 Å². The lowest BCUT2D eigenvalue weighted by Crippen LogP contribution is -2.45. The van der Waals surface area contributed by atoms with Crippen molar-refractivity contribution in [2.75, 3.05) is 5.32 Å². The van der Waals surface area contributed by atoms with Gasteiger partial charge in [-0.1, -0.05) is 43.2 Å². The van der Waals surface area contributed by atoms with Crippen LogP contribution in [-0.2, 0) is 11.2 Å². The van der Waals surface area contributed by atoms with E-state index in [4.69, 9.17) is 0 Å². The predicted molar refractivity (Wildman–Crippen MR) is 99.5 cm³/mol. The van der Waals surface area contributed by atoms with Gasteiger partial charge >= 0.3 is 0 Å². The molecule has 2 aromatic rings. The SMILES string of the molecule is Cc1cc(C)nc(N[C@H](Cc2ccccc2)C(=O)NC2CCCC2)n1. The van der Waals surface area contributed by atoms with E-state index in [1.54, 1.807) is 0 Å². The molecule has 0 saturated heterocycles. The lowest BCUT2D eigenvalue weighted by molar-refractivity contribution is -0.122. The number of benzene rings is 1. The lowest BCUT2D eigenvalue weighted by Gasteiger charge is -2.21. The number of anilines is 1. The third kappa shape index (κ3) is 5.02. The summed E-state index contributed by atoms with van der Waals surface area (Å²) in [7, 11) is 0. The minimum absolute atomic E-state index is 0.0264. The molecular weight excluding hydrogens is 312 g/mol. The van der Waals surface area contributed by atoms with Gasteiger partial charge in [0, 0.05) is 23.9 Å². The molecule has 3 rings (SSSR count). The number of nitrogens with one attached hydrogen (secondary N) is 2. The first-order valence-electron chi connectivity index (χ1n) is 9.03. The first kappa shape index (κ1) is 17.4. The van der Waals surface area contributed by atoms with Crippen molar-refractivity contribution in [2.45, 2.75) is 58.0 Å². The Labute approximate surface area is 149 Å². The number of hydrogen-bond acceptors (Lipinski definition) is 4. The minimum Gasteiger partial charge on any atom is -0.352 e. The second kappa shape index (κ2) is 8.10. The summed E-state index contributed by atoms with van der Waals surface area (Å²) >= 11 is 0. The van der Waals surface area contributed by atoms with E-state index in [1.165, 1.54) is 12.8 Å². The monoisotopic (exact) mass is 338 g/mol. The number of aromatic nitrogens is 2. The molecule has 0 unspecified atom stereocenters. The van der Waals surface area contributed by atoms with Gasteiger partial charge in [0.2, 0.25) is 11.9 Å². The van der Waals surface area contributed by atoms with Crippen LogP contribution in [0.4, 0.5) is 5.95 Å². The molecule has 1 aliphatic carbocycles. The maximum absolute atomic E-state index is 12.8. The molecule has 1 aliphatic rings. The topological polar surface area (TPSA) is 66.9 Å². The maximum Gasteiger partial charge on any atom is 0.243 e. The number of carbonyl (C=O) groups is 1. The molecule has 1 saturated carbocycles. The van der Waals surface area contributed by atoms with Gasteiger partial charge in [-0.3, -0.25) is 4.79 Å². The average molecular weight is 338 g/mol. The standard InChI is InChI=1S/C20H26N4O/c1-14-12-15(2)22-20(21-14)24-18(13-16-8-4-3-5-9-16)19(25)23-17-10-6-7-11-17/h3-5,8-9,12,17-18H,6-7,10-11,13H2,1-2H3,(H,23,25)(H,21,22,24)/t18-/m1/s1. The summed E-state index contributed by atoms with van der Waals surface area (Å²) in [6.07, 6.45) is 5.15. The lowest BCUT2D eigenvalue weighted by atomic mass is 10.0. The van der Waals surface area contributed by atoms with Crippen molar-refractivity contribution < 1.29 is 4.79 Å². The second-order valence-electron chi connectivity index (χ2n) is 6.85. The number of hydrogen-bond donors (Lipinski definition) is 2. The fourth-order valence-corrected chi connectivity index (χ4v) is 3.38. The van der Waals surface area contributed by atoms with E-state index in [0.29, 0.717) is 18.4 Å². The Hall–Kier alpha value is -2.43. The van der Waals surface area contributed by atoms with Gasteiger partial charge in [0.1, 0.15) is 6.04 Å². The average Bonchev–Trinajstić information content (AvgIpc) is 3.07. The number of rotatable bonds is 6. The quantitative estimate of drug-likeness (QED) is 0.849. The molecule has 1 aromatic heterocycles. The van der Waals surface area contributed by atoms with Crippen LogP contribution in [0.3, 0.4) is 0 Å². The normalized spacial score (nSPS) is 15.8. The van der Waals surface area contributed by atoms with Crippen LogP contribution in [0.15, 0.2) is 36.4 Å². The van der Waals surface area contributed by atoms with Gasteiger partial charge in [-0.05, 0) is 38.3 Å². The van der Waals surface area contributed by atoms with Crippen LogP contribution < -0.4 is 10.6 Å². The van der Waals surface area contributed by atoms with Crippen LogP contribution in [0.1, 0.15) is 42.6 Å². The van der Waals surface area contributed by atoms with E-state index in [2.05, 4.69) is 20.6 Å². The molecule has 1 atom stereocenters. The Morgan fingerprint density at radius 2 is 1.76 bits per heavy atom. The van der Waals surface area contributed by atoms with E-state index in [0.717, 1.165) is 29.8 Å². The van der Waals surface area contributed by atoms with Crippen LogP contribution in [-0.4, -0.2) is 28.0 Å². The molecule has 132 valence electrons. The van der Waals surface area contributed by atoms with Gasteiger partial charge < -0.3 is 10.6 Å². The van der Waals surface area contributed by atoms with Gasteiger partial charge in [-0.25, -0.2) is 9.97 Å². The number of amides is 1. The van der Waals surface area contributed by atoms with E-state index >= 15 is 0 Å². The first-order valence-corrected chi connectivity index (χ1v) is 9.03. The fourth-order valence-electron chi connectivity index (χ4n) is 3.38. The molecule has 0 radical (unpaired) electrons. The highest BCUT2D eigenvalue weighted by Crippen LogP contribution is 2.18. The Kier molecular flexibility index (Phi) is 5.64. The van der Waals surface area contributed by atoms with Crippen molar-refractivity contribution in [1.29, 1.82) is 0 Å². The Morgan fingerprint density at radius 1 is 1.12 bits per heavy atom. The van der Waals surface area contributed by atoms with Crippen molar-refractivity contribution >= 4 is 11.9 Å². The summed E-state index contributed by atoms with van der Waals surface area (Å²) in [6, 6.07) is 11.9. The van der Waals surface area contributed by atoms with Crippen molar-refractivity contribution in [1.82, 2.24) is 15.3 Å². The van der Waals surface area contributed by atoms with Crippen LogP contribution in [0.2, 0.25) is 0 Å². The minimum atomic E-state index is -0.385. The molecule has 0 bridgehead atoms. The highest BCUT2D eigenvalue weighted by Gasteiger charge is 2.24. The maximum atomic E-state index is 12.8. The van der Waals surface area contributed by atoms with E-state index in [9.17, 15) is 4.79 Å². The summed E-state index contributed by atoms with van der Waals surface area (Å²) in [5.41, 5.74) is 2.90. The molecule has 5 nitrogen and oxygen atoms in total. The van der Waals surface area contributed by atoms with Crippen molar-refractivity contribution in [2.24, 2.45) is 0 Å². The molecule has 1 fully saturated rings. The van der Waals surface area contributed by atoms with Crippen LogP contribution in [0, 0.1) is 13.8 Å². The zero-order valence-electron chi connectivity index (χ0n) is 15.0. The smallest absolute Gasteiger partial charge is 0.243 e. The predicted octanol–water partition coefficient (Wildman–Crippen LogP) is 3.18. The van der Waals surface area contributed by atoms with E-state index in [-0.39, 0.29) is 11.9 Å². The van der Waals surface area contributed by atoms with Gasteiger partial charge in [0.15, 0.2) is 0 Å². The molecule has 0 aliphatic heterocycles. The summed E-state index contributed by atoms with van der Waals surface area (Å²) in [5, 5.41) is 6.44. The van der Waals surface area contributed by atoms with Gasteiger partial charge in [0.25, 0.3) is 0 Å². The fraction of sp³-hybridized carbons (Fsp3) is 0.450. The molecule has 0 spiro atoms. The van der Waals surface area contributed by atoms with Crippen LogP contribution in [0.25, 0.3) is 0 Å². The Bertz CT molecular complexity index is 691. The Morgan fingerprint density at radius 3 is 2.40 bits per heavy atom. The van der Waals surface area contributed by atoms with Crippen molar-refractivity contribution in [3.05, 3.63) is 53.3 Å². The van der Waals surface area contributed by atoms with Crippen LogP contribution >= 0.6 is 0 Å². The molecule has 2 N–H and O–H groups in total. The third-order valence-corrected chi connectivity index (χ3v) is 4.59. The number of nitrogens with zero attached hydrogens (tertiary/aromatic N) is 2. The van der Waals surface area contributed by atoms with E-state index in [1.807, 2.05) is 50.2 Å². The third-order valence-electron chi connectivity index (χ3n) is 4.59. The highest BCUT2D eigenvalue weighted by molar-refractivity contribution is 5.84. The van der Waals surface area contributed by atoms with E-state index < -0.39 is 0 Å². The summed E-state index contributed by atoms with van der Waals surface area (Å²) in [5.74, 6) is 0.540. The highest BCUT2D eigenvalue weighted by atomic mass is 16.2. The molecule has 5 heteroatoms. The molecule has 1 amide bonds. The van der Waals surface area contributed by atoms with Crippen molar-refractivity contribution in [3.63, 3.8) is 0 Å². The molecular formula is C20H26N4O. The molecule has 1 heterocycles. The summed E-state index contributed by atoms with van der Waals surface area (Å²) in [6.45, 7) is 3.87. The van der Waals surface area contributed by atoms with Gasteiger partial charge in [-0.15, -0.1) is 0 Å². The first-order chi connectivity index (χ1) is 12.1. The van der Waals surface area contributed by atoms with Gasteiger partial charge in [0.05, 0.1) is 0 Å². The number of aryl methyl sites for hydroxylation is 2. The van der Waals surface area contributed by atoms with Crippen molar-refractivity contribution in [3.8, 4) is 0 Å². The molecule has 1 aromatic carbocycles. The Balaban J connectivity index is 1.76. The van der Waals surface area contributed by atoms with Crippen LogP contribution in [0.5, 0.6) is 0 Å². The largest absolute Gasteiger partial charge is 0.352 e. The summed E-state index contributed by atoms with van der Waals surface area (Å²) in [4.78, 5) is 21.7. The second-order valence-corrected chi connectivity index (χ2v) is 6.85. The summed E-state index contributed by atoms with van der Waals surface area (Å²) < 4.78 is 0. The zero-order valence-corrected chi connectivity index (χ0v) is 15.0. The zero-order chi connectivity index (χ0) is 17.6.